The van der Waals surface area contributed by atoms with Crippen LogP contribution in [0.1, 0.15) is 31.1 Å². The first-order valence-electron chi connectivity index (χ1n) is 4.65. The molecule has 0 aliphatic carbocycles. The Morgan fingerprint density at radius 2 is 2.33 bits per heavy atom. The average molecular weight is 135 g/mol. The van der Waals surface area contributed by atoms with E-state index in [1.165, 1.54) is 0 Å². The minimum Gasteiger partial charge on any atom is -0.481 e. The maximum absolute atomic E-state index is 10.3. The molecule has 0 aromatic carbocycles. The number of nitrogens with two attached hydrogens (primary N) is 1. The Hall–Kier alpha value is -0.570. The van der Waals surface area contributed by atoms with Crippen molar-refractivity contribution in [2.45, 2.75) is 25.6 Å². The van der Waals surface area contributed by atoms with Crippen molar-refractivity contribution in [3.05, 3.63) is 0 Å². The lowest BCUT2D eigenvalue weighted by Crippen LogP contribution is -1.99. The highest BCUT2D eigenvalue weighted by Gasteiger charge is 1.94. The summed E-state index contributed by atoms with van der Waals surface area (Å²) in [4.78, 5) is 10.3. The predicted octanol–water partition coefficient (Wildman–Crippen LogP) is 0.590. The van der Waals surface area contributed by atoms with Crippen LogP contribution in [0.25, 0.3) is 0 Å². The number of hydrogen-bond acceptors (Lipinski definition) is 2. The van der Waals surface area contributed by atoms with Gasteiger partial charge in [-0.3, -0.25) is 4.79 Å². The number of carboxylic acid groups (broad SMARTS) is 1. The van der Waals surface area contributed by atoms with Gasteiger partial charge >= 0.3 is 5.97 Å². The largest absolute Gasteiger partial charge is 0.481 e. The molecule has 0 aliphatic rings. The Bertz CT molecular complexity index is 195. The van der Waals surface area contributed by atoms with Gasteiger partial charge in [0.25, 0.3) is 0 Å². The molecule has 0 amide bonds. The molecule has 0 aromatic heterocycles. The second-order valence-electron chi connectivity index (χ2n) is 1.44. The maximum Gasteiger partial charge on any atom is 0.303 e. The van der Waals surface area contributed by atoms with Crippen LogP contribution in [0.4, 0.5) is 0 Å². The fourth-order valence-electron chi connectivity index (χ4n) is 0.360. The van der Waals surface area contributed by atoms with E-state index in [1.807, 2.05) is 0 Å². The molecule has 3 heteroatoms. The molecule has 0 saturated heterocycles. The highest BCUT2D eigenvalue weighted by Crippen LogP contribution is 1.97. The van der Waals surface area contributed by atoms with Crippen molar-refractivity contribution < 1.29 is 15.4 Å². The lowest BCUT2D eigenvalue weighted by atomic mass is 10.2. The zero-order chi connectivity index (χ0) is 10.7. The minimum absolute atomic E-state index is 0.192. The summed E-state index contributed by atoms with van der Waals surface area (Å²) in [7, 11) is 0. The first kappa shape index (κ1) is 3.56. The molecule has 0 heterocycles. The fourth-order valence-corrected chi connectivity index (χ4v) is 0.360. The van der Waals surface area contributed by atoms with Crippen molar-refractivity contribution in [2.75, 3.05) is 6.54 Å². The highest BCUT2D eigenvalue weighted by atomic mass is 16.4. The molecular weight excluding hydrogens is 118 g/mol. The van der Waals surface area contributed by atoms with Crippen LogP contribution < -0.4 is 5.73 Å². The summed E-state index contributed by atoms with van der Waals surface area (Å²) < 4.78 is 28.3. The third kappa shape index (κ3) is 7.43. The number of hydrogen-bond donors (Lipinski definition) is 2. The van der Waals surface area contributed by atoms with Gasteiger partial charge in [0, 0.05) is 11.9 Å². The van der Waals surface area contributed by atoms with E-state index in [0.717, 1.165) is 0 Å². The van der Waals surface area contributed by atoms with E-state index < -0.39 is 18.7 Å². The van der Waals surface area contributed by atoms with Crippen LogP contribution >= 0.6 is 0 Å². The first-order chi connectivity index (χ1) is 5.71. The van der Waals surface area contributed by atoms with Crippen LogP contribution in [0.5, 0.6) is 0 Å². The van der Waals surface area contributed by atoms with Gasteiger partial charge in [0.15, 0.2) is 0 Å². The Morgan fingerprint density at radius 3 is 2.78 bits per heavy atom. The highest BCUT2D eigenvalue weighted by molar-refractivity contribution is 5.66. The van der Waals surface area contributed by atoms with Crippen LogP contribution in [-0.2, 0) is 4.79 Å². The molecular formula is C6H13NO2. The van der Waals surface area contributed by atoms with Crippen molar-refractivity contribution in [2.24, 2.45) is 5.73 Å². The van der Waals surface area contributed by atoms with Crippen molar-refractivity contribution in [3.63, 3.8) is 0 Å². The Balaban J connectivity index is 4.09. The van der Waals surface area contributed by atoms with E-state index in [1.54, 1.807) is 0 Å². The zero-order valence-electron chi connectivity index (χ0n) is 9.05. The first-order valence-corrected chi connectivity index (χ1v) is 2.65. The normalized spacial score (nSPS) is 19.2. The molecule has 0 rings (SSSR count). The molecule has 3 nitrogen and oxygen atoms in total. The molecule has 0 radical (unpaired) electrons. The summed E-state index contributed by atoms with van der Waals surface area (Å²) in [5.41, 5.74) is 5.07. The van der Waals surface area contributed by atoms with Gasteiger partial charge in [-0.15, -0.1) is 0 Å². The van der Waals surface area contributed by atoms with E-state index in [-0.39, 0.29) is 19.4 Å². The van der Waals surface area contributed by atoms with Crippen molar-refractivity contribution in [3.8, 4) is 0 Å². The summed E-state index contributed by atoms with van der Waals surface area (Å²) in [5.74, 6) is -1.57. The lowest BCUT2D eigenvalue weighted by Gasteiger charge is -1.93. The summed E-state index contributed by atoms with van der Waals surface area (Å²) in [6.07, 6.45) is -4.62. The van der Waals surface area contributed by atoms with Crippen LogP contribution in [0.15, 0.2) is 0 Å². The minimum atomic E-state index is -2.37. The molecule has 3 N–H and O–H groups in total. The van der Waals surface area contributed by atoms with Crippen LogP contribution in [0.2, 0.25) is 0 Å². The number of rotatable bonds is 5. The number of carbonyl (C=O) groups is 1. The Kier molecular flexibility index (Phi) is 2.20. The predicted molar refractivity (Wildman–Crippen MR) is 35.2 cm³/mol. The summed E-state index contributed by atoms with van der Waals surface area (Å²) in [6, 6.07) is 0. The van der Waals surface area contributed by atoms with Gasteiger partial charge in [-0.1, -0.05) is 6.42 Å². The van der Waals surface area contributed by atoms with Crippen molar-refractivity contribution in [1.29, 1.82) is 0 Å². The smallest absolute Gasteiger partial charge is 0.303 e. The molecule has 0 aliphatic heterocycles. The van der Waals surface area contributed by atoms with Crippen LogP contribution in [0, 0.1) is 0 Å². The third-order valence-electron chi connectivity index (χ3n) is 0.722. The molecule has 0 fully saturated rings. The molecule has 54 valence electrons. The van der Waals surface area contributed by atoms with Crippen molar-refractivity contribution in [1.82, 2.24) is 0 Å². The Labute approximate surface area is 60.5 Å². The Morgan fingerprint density at radius 1 is 1.67 bits per heavy atom. The summed E-state index contributed by atoms with van der Waals surface area (Å²) >= 11 is 0. The second-order valence-corrected chi connectivity index (χ2v) is 1.44. The molecule has 0 atom stereocenters. The molecule has 0 aromatic rings. The monoisotopic (exact) mass is 135 g/mol. The van der Waals surface area contributed by atoms with E-state index in [0.29, 0.717) is 0 Å². The lowest BCUT2D eigenvalue weighted by molar-refractivity contribution is -0.137. The fraction of sp³-hybridized carbons (Fsp3) is 0.833. The quantitative estimate of drug-likeness (QED) is 0.580. The topological polar surface area (TPSA) is 63.3 Å². The van der Waals surface area contributed by atoms with Gasteiger partial charge in [0.1, 0.15) is 0 Å². The molecule has 0 bridgehead atoms. The van der Waals surface area contributed by atoms with Crippen molar-refractivity contribution >= 4 is 5.97 Å². The third-order valence-corrected chi connectivity index (χ3v) is 0.722. The van der Waals surface area contributed by atoms with E-state index in [2.05, 4.69) is 0 Å². The van der Waals surface area contributed by atoms with Gasteiger partial charge in [-0.25, -0.2) is 0 Å². The second kappa shape index (κ2) is 5.56. The van der Waals surface area contributed by atoms with Gasteiger partial charge in [-0.05, 0) is 19.3 Å². The molecule has 0 unspecified atom stereocenters. The zero-order valence-corrected chi connectivity index (χ0v) is 5.05. The number of aliphatic carboxylic acids is 1. The van der Waals surface area contributed by atoms with Gasteiger partial charge < -0.3 is 10.8 Å². The van der Waals surface area contributed by atoms with Crippen LogP contribution in [0.3, 0.4) is 0 Å². The van der Waals surface area contributed by atoms with Gasteiger partial charge in [-0.2, -0.15) is 0 Å². The summed E-state index contributed by atoms with van der Waals surface area (Å²) in [6.45, 7) is -0.233. The van der Waals surface area contributed by atoms with Gasteiger partial charge in [0.05, 0.1) is 0 Å². The van der Waals surface area contributed by atoms with E-state index in [4.69, 9.17) is 16.3 Å². The van der Waals surface area contributed by atoms with E-state index >= 15 is 0 Å². The molecule has 0 saturated carbocycles. The maximum atomic E-state index is 10.3. The molecule has 0 spiro atoms. The standard InChI is InChI=1S/C6H13NO2/c7-5-3-1-2-4-6(8)9/h1-5,7H2,(H,8,9)/i3D2,4D2. The van der Waals surface area contributed by atoms with Crippen LogP contribution in [-0.4, -0.2) is 17.6 Å². The SMILES string of the molecule is [2H]C([2H])(CN)CCC([2H])([2H])C(=O)O. The van der Waals surface area contributed by atoms with E-state index in [9.17, 15) is 4.79 Å². The molecule has 9 heavy (non-hydrogen) atoms. The average Bonchev–Trinajstić information content (AvgIpc) is 2.01. The summed E-state index contributed by atoms with van der Waals surface area (Å²) in [5, 5.41) is 8.38. The van der Waals surface area contributed by atoms with Gasteiger partial charge in [0.2, 0.25) is 0 Å². The number of carboxylic acids is 1.